The molecule has 6 heteroatoms. The van der Waals surface area contributed by atoms with E-state index in [1.807, 2.05) is 13.0 Å². The highest BCUT2D eigenvalue weighted by atomic mass is 35.5. The number of nitrogens with one attached hydrogen (secondary N) is 2. The molecule has 0 aliphatic carbocycles. The van der Waals surface area contributed by atoms with Crippen LogP contribution in [-0.2, 0) is 6.54 Å². The molecule has 1 aromatic carbocycles. The molecule has 0 amide bonds. The smallest absolute Gasteiger partial charge is 0.160 e. The Morgan fingerprint density at radius 1 is 1.07 bits per heavy atom. The van der Waals surface area contributed by atoms with Gasteiger partial charge in [0.15, 0.2) is 5.65 Å². The lowest BCUT2D eigenvalue weighted by atomic mass is 10.0. The van der Waals surface area contributed by atoms with Crippen LogP contribution in [0.15, 0.2) is 42.7 Å². The number of benzene rings is 1. The first-order valence-electron chi connectivity index (χ1n) is 8.82. The zero-order valence-corrected chi connectivity index (χ0v) is 16.8. The summed E-state index contributed by atoms with van der Waals surface area (Å²) >= 11 is 0. The van der Waals surface area contributed by atoms with Gasteiger partial charge in [-0.25, -0.2) is 4.98 Å². The van der Waals surface area contributed by atoms with Crippen molar-refractivity contribution in [3.8, 4) is 11.3 Å². The number of nitrogens with zero attached hydrogens (tertiary/aromatic N) is 3. The molecule has 0 aliphatic heterocycles. The Morgan fingerprint density at radius 2 is 1.81 bits per heavy atom. The Balaban J connectivity index is 0.00000210. The Bertz CT molecular complexity index is 1060. The summed E-state index contributed by atoms with van der Waals surface area (Å²) in [5.41, 5.74) is 10.2. The van der Waals surface area contributed by atoms with E-state index < -0.39 is 0 Å². The summed E-state index contributed by atoms with van der Waals surface area (Å²) in [6, 6.07) is 10.5. The average Bonchev–Trinajstić information content (AvgIpc) is 3.24. The van der Waals surface area contributed by atoms with Gasteiger partial charge >= 0.3 is 0 Å². The maximum atomic E-state index is 4.77. The summed E-state index contributed by atoms with van der Waals surface area (Å²) in [6.07, 6.45) is 3.89. The molecule has 0 fully saturated rings. The molecular formula is C21H24ClN5. The van der Waals surface area contributed by atoms with Crippen LogP contribution in [0.4, 0.5) is 5.69 Å². The highest BCUT2D eigenvalue weighted by Crippen LogP contribution is 2.27. The Kier molecular flexibility index (Phi) is 5.24. The summed E-state index contributed by atoms with van der Waals surface area (Å²) in [6.45, 7) is 9.23. The highest BCUT2D eigenvalue weighted by molar-refractivity contribution is 5.85. The van der Waals surface area contributed by atoms with Gasteiger partial charge in [0, 0.05) is 30.2 Å². The third kappa shape index (κ3) is 3.43. The zero-order chi connectivity index (χ0) is 18.3. The molecule has 0 spiro atoms. The number of H-pyrrole nitrogens is 1. The number of fused-ring (bicyclic) bond motifs is 1. The van der Waals surface area contributed by atoms with Gasteiger partial charge in [0.25, 0.3) is 0 Å². The second kappa shape index (κ2) is 7.45. The number of imidazole rings is 1. The molecule has 4 rings (SSSR count). The third-order valence-electron chi connectivity index (χ3n) is 5.11. The standard InChI is InChI=1S/C21H23N5.ClH/c1-13-6-5-7-14(2)18(13)11-22-20-10-17(19-8-9-23-25-19)12-26-16(4)15(3)24-21(20)26;/h5-10,12,22H,11H2,1-4H3,(H,23,25);1H. The van der Waals surface area contributed by atoms with Gasteiger partial charge in [0.05, 0.1) is 17.1 Å². The number of aromatic amines is 1. The molecule has 0 atom stereocenters. The van der Waals surface area contributed by atoms with Gasteiger partial charge < -0.3 is 9.72 Å². The number of hydrogen-bond acceptors (Lipinski definition) is 3. The molecule has 4 aromatic rings. The first kappa shape index (κ1) is 19.0. The lowest BCUT2D eigenvalue weighted by Gasteiger charge is -2.14. The summed E-state index contributed by atoms with van der Waals surface area (Å²) in [5, 5.41) is 10.7. The lowest BCUT2D eigenvalue weighted by molar-refractivity contribution is 1.06. The van der Waals surface area contributed by atoms with E-state index in [-0.39, 0.29) is 12.4 Å². The molecule has 0 radical (unpaired) electrons. The molecule has 0 bridgehead atoms. The summed E-state index contributed by atoms with van der Waals surface area (Å²) in [7, 11) is 0. The van der Waals surface area contributed by atoms with E-state index >= 15 is 0 Å². The molecule has 140 valence electrons. The van der Waals surface area contributed by atoms with Gasteiger partial charge in [0.1, 0.15) is 0 Å². The summed E-state index contributed by atoms with van der Waals surface area (Å²) < 4.78 is 2.15. The van der Waals surface area contributed by atoms with Crippen LogP contribution in [0.25, 0.3) is 16.9 Å². The van der Waals surface area contributed by atoms with Crippen molar-refractivity contribution in [1.29, 1.82) is 0 Å². The van der Waals surface area contributed by atoms with Crippen molar-refractivity contribution in [2.24, 2.45) is 0 Å². The normalized spacial score (nSPS) is 10.8. The van der Waals surface area contributed by atoms with Crippen LogP contribution in [-0.4, -0.2) is 19.6 Å². The number of aryl methyl sites for hydroxylation is 4. The second-order valence-electron chi connectivity index (χ2n) is 6.81. The Morgan fingerprint density at radius 3 is 2.48 bits per heavy atom. The molecule has 2 N–H and O–H groups in total. The fourth-order valence-corrected chi connectivity index (χ4v) is 3.38. The van der Waals surface area contributed by atoms with E-state index in [1.165, 1.54) is 16.7 Å². The van der Waals surface area contributed by atoms with E-state index in [1.54, 1.807) is 6.20 Å². The number of pyridine rings is 1. The third-order valence-corrected chi connectivity index (χ3v) is 5.11. The average molecular weight is 382 g/mol. The molecule has 3 aromatic heterocycles. The number of hydrogen-bond donors (Lipinski definition) is 2. The largest absolute Gasteiger partial charge is 0.378 e. The lowest BCUT2D eigenvalue weighted by Crippen LogP contribution is -2.05. The molecule has 0 saturated heterocycles. The van der Waals surface area contributed by atoms with Gasteiger partial charge in [-0.2, -0.15) is 5.10 Å². The maximum Gasteiger partial charge on any atom is 0.160 e. The van der Waals surface area contributed by atoms with Crippen molar-refractivity contribution in [3.63, 3.8) is 0 Å². The predicted octanol–water partition coefficient (Wildman–Crippen LogP) is 4.99. The van der Waals surface area contributed by atoms with Crippen LogP contribution in [0.2, 0.25) is 0 Å². The minimum Gasteiger partial charge on any atom is -0.378 e. The maximum absolute atomic E-state index is 4.77. The molecule has 3 heterocycles. The molecule has 0 unspecified atom stereocenters. The van der Waals surface area contributed by atoms with Crippen molar-refractivity contribution >= 4 is 23.7 Å². The van der Waals surface area contributed by atoms with Gasteiger partial charge in [-0.15, -0.1) is 12.4 Å². The molecular weight excluding hydrogens is 358 g/mol. The number of rotatable bonds is 4. The Labute approximate surface area is 165 Å². The topological polar surface area (TPSA) is 58.0 Å². The van der Waals surface area contributed by atoms with Gasteiger partial charge in [-0.1, -0.05) is 18.2 Å². The van der Waals surface area contributed by atoms with E-state index in [0.29, 0.717) is 0 Å². The minimum atomic E-state index is 0. The second-order valence-corrected chi connectivity index (χ2v) is 6.81. The molecule has 5 nitrogen and oxygen atoms in total. The quantitative estimate of drug-likeness (QED) is 0.523. The van der Waals surface area contributed by atoms with Gasteiger partial charge in [-0.05, 0) is 56.5 Å². The fraction of sp³-hybridized carbons (Fsp3) is 0.238. The van der Waals surface area contributed by atoms with Crippen LogP contribution in [0.5, 0.6) is 0 Å². The summed E-state index contributed by atoms with van der Waals surface area (Å²) in [5.74, 6) is 0. The first-order valence-corrected chi connectivity index (χ1v) is 8.82. The first-order chi connectivity index (χ1) is 12.5. The van der Waals surface area contributed by atoms with Crippen molar-refractivity contribution in [2.45, 2.75) is 34.2 Å². The Hall–Kier alpha value is -2.79. The van der Waals surface area contributed by atoms with Crippen LogP contribution in [0, 0.1) is 27.7 Å². The van der Waals surface area contributed by atoms with Crippen molar-refractivity contribution < 1.29 is 0 Å². The van der Waals surface area contributed by atoms with Crippen LogP contribution in [0.1, 0.15) is 28.1 Å². The molecule has 0 aliphatic rings. The predicted molar refractivity (Wildman–Crippen MR) is 113 cm³/mol. The SMILES string of the molecule is Cc1cccc(C)c1CNc1cc(-c2ccn[nH]2)cn2c(C)c(C)nc12.Cl. The molecule has 27 heavy (non-hydrogen) atoms. The highest BCUT2D eigenvalue weighted by Gasteiger charge is 2.13. The van der Waals surface area contributed by atoms with Crippen molar-refractivity contribution in [3.05, 3.63) is 70.8 Å². The number of halogens is 1. The van der Waals surface area contributed by atoms with E-state index in [2.05, 4.69) is 71.1 Å². The minimum absolute atomic E-state index is 0. The van der Waals surface area contributed by atoms with Crippen LogP contribution >= 0.6 is 12.4 Å². The van der Waals surface area contributed by atoms with Crippen molar-refractivity contribution in [2.75, 3.05) is 5.32 Å². The zero-order valence-electron chi connectivity index (χ0n) is 16.0. The van der Waals surface area contributed by atoms with Gasteiger partial charge in [-0.3, -0.25) is 5.10 Å². The van der Waals surface area contributed by atoms with Gasteiger partial charge in [0.2, 0.25) is 0 Å². The fourth-order valence-electron chi connectivity index (χ4n) is 3.38. The molecule has 0 saturated carbocycles. The van der Waals surface area contributed by atoms with E-state index in [0.717, 1.165) is 40.5 Å². The number of anilines is 1. The van der Waals surface area contributed by atoms with Crippen LogP contribution in [0.3, 0.4) is 0 Å². The summed E-state index contributed by atoms with van der Waals surface area (Å²) in [4.78, 5) is 4.77. The monoisotopic (exact) mass is 381 g/mol. The van der Waals surface area contributed by atoms with E-state index in [9.17, 15) is 0 Å². The van der Waals surface area contributed by atoms with Crippen LogP contribution < -0.4 is 5.32 Å². The van der Waals surface area contributed by atoms with E-state index in [4.69, 9.17) is 4.98 Å². The van der Waals surface area contributed by atoms with Crippen molar-refractivity contribution in [1.82, 2.24) is 19.6 Å². The number of aromatic nitrogens is 4.